The molecule has 1 fully saturated rings. The van der Waals surface area contributed by atoms with E-state index in [0.29, 0.717) is 6.54 Å². The van der Waals surface area contributed by atoms with Crippen LogP contribution in [0.25, 0.3) is 0 Å². The molecular weight excluding hydrogens is 400 g/mol. The fourth-order valence-electron chi connectivity index (χ4n) is 3.29. The Morgan fingerprint density at radius 1 is 1.39 bits per heavy atom. The van der Waals surface area contributed by atoms with E-state index >= 15 is 0 Å². The van der Waals surface area contributed by atoms with Crippen molar-refractivity contribution in [1.29, 1.82) is 0 Å². The molecule has 1 amide bonds. The Bertz CT molecular complexity index is 723. The van der Waals surface area contributed by atoms with Crippen molar-refractivity contribution in [2.45, 2.75) is 37.3 Å². The lowest BCUT2D eigenvalue weighted by atomic mass is 10.1. The van der Waals surface area contributed by atoms with Crippen molar-refractivity contribution >= 4 is 35.1 Å². The second kappa shape index (κ2) is 10.6. The van der Waals surface area contributed by atoms with Crippen LogP contribution in [0.4, 0.5) is 5.69 Å². The van der Waals surface area contributed by atoms with Gasteiger partial charge in [0, 0.05) is 12.6 Å². The number of carbonyl (C=O) groups is 1. The zero-order chi connectivity index (χ0) is 20.7. The second-order valence-corrected chi connectivity index (χ2v) is 9.18. The average Bonchev–Trinajstić information content (AvgIpc) is 3.16. The summed E-state index contributed by atoms with van der Waals surface area (Å²) >= 11 is 3.64. The van der Waals surface area contributed by atoms with Gasteiger partial charge in [0.1, 0.15) is 5.56 Å². The molecule has 1 atom stereocenters. The van der Waals surface area contributed by atoms with Gasteiger partial charge in [-0.05, 0) is 24.3 Å². The SMILES string of the molecule is C=COc1cc([N+](=O)[O-])c(C(=O)N2CCC[C@H]2C(SCC)SCC)cc1OC. The molecule has 154 valence electrons. The molecule has 28 heavy (non-hydrogen) atoms. The first kappa shape index (κ1) is 22.4. The minimum atomic E-state index is -0.563. The highest BCUT2D eigenvalue weighted by Crippen LogP contribution is 2.39. The maximum Gasteiger partial charge on any atom is 0.286 e. The van der Waals surface area contributed by atoms with Gasteiger partial charge in [0.25, 0.3) is 11.6 Å². The van der Waals surface area contributed by atoms with E-state index in [0.717, 1.165) is 30.6 Å². The standard InChI is InChI=1S/C19H26N2O5S2/c1-5-26-17-12-15(21(23)24)13(11-16(17)25-4)18(22)20-10-8-9-14(20)19(27-6-2)28-7-3/h5,11-12,14,19H,1,6-10H2,2-4H3/t14-/m0/s1. The molecule has 1 heterocycles. The number of nitro benzene ring substituents is 1. The molecule has 0 spiro atoms. The molecule has 0 bridgehead atoms. The van der Waals surface area contributed by atoms with Crippen molar-refractivity contribution in [3.8, 4) is 11.5 Å². The fraction of sp³-hybridized carbons (Fsp3) is 0.526. The first-order chi connectivity index (χ1) is 13.5. The summed E-state index contributed by atoms with van der Waals surface area (Å²) in [4.78, 5) is 26.2. The number of carbonyl (C=O) groups excluding carboxylic acids is 1. The molecule has 0 radical (unpaired) electrons. The van der Waals surface area contributed by atoms with E-state index in [4.69, 9.17) is 9.47 Å². The molecule has 0 saturated carbocycles. The molecule has 1 aliphatic rings. The molecule has 1 saturated heterocycles. The van der Waals surface area contributed by atoms with Crippen LogP contribution in [0, 0.1) is 10.1 Å². The summed E-state index contributed by atoms with van der Waals surface area (Å²) in [7, 11) is 1.43. The highest BCUT2D eigenvalue weighted by Gasteiger charge is 2.38. The van der Waals surface area contributed by atoms with Crippen LogP contribution in [-0.2, 0) is 0 Å². The number of thioether (sulfide) groups is 2. The number of rotatable bonds is 10. The van der Waals surface area contributed by atoms with E-state index in [-0.39, 0.29) is 39.3 Å². The van der Waals surface area contributed by atoms with Gasteiger partial charge in [0.05, 0.1) is 35.0 Å². The van der Waals surface area contributed by atoms with Gasteiger partial charge >= 0.3 is 0 Å². The van der Waals surface area contributed by atoms with Crippen LogP contribution in [0.3, 0.4) is 0 Å². The number of benzene rings is 1. The second-order valence-electron chi connectivity index (χ2n) is 6.05. The normalized spacial score (nSPS) is 16.3. The molecule has 2 rings (SSSR count). The van der Waals surface area contributed by atoms with Crippen LogP contribution in [0.5, 0.6) is 11.5 Å². The van der Waals surface area contributed by atoms with Crippen molar-refractivity contribution in [2.75, 3.05) is 25.2 Å². The van der Waals surface area contributed by atoms with Crippen LogP contribution < -0.4 is 9.47 Å². The van der Waals surface area contributed by atoms with Gasteiger partial charge in [-0.15, -0.1) is 23.5 Å². The van der Waals surface area contributed by atoms with E-state index < -0.39 is 4.92 Å². The highest BCUT2D eigenvalue weighted by molar-refractivity contribution is 8.17. The van der Waals surface area contributed by atoms with Crippen molar-refractivity contribution in [3.63, 3.8) is 0 Å². The van der Waals surface area contributed by atoms with E-state index in [9.17, 15) is 14.9 Å². The lowest BCUT2D eigenvalue weighted by molar-refractivity contribution is -0.385. The molecular formula is C19H26N2O5S2. The summed E-state index contributed by atoms with van der Waals surface area (Å²) in [6.07, 6.45) is 2.96. The van der Waals surface area contributed by atoms with Crippen molar-refractivity contribution in [1.82, 2.24) is 4.90 Å². The molecule has 1 aromatic rings. The molecule has 1 aliphatic heterocycles. The van der Waals surface area contributed by atoms with Crippen molar-refractivity contribution in [2.24, 2.45) is 0 Å². The lowest BCUT2D eigenvalue weighted by Crippen LogP contribution is -2.41. The number of hydrogen-bond acceptors (Lipinski definition) is 7. The summed E-state index contributed by atoms with van der Waals surface area (Å²) in [5, 5.41) is 11.6. The minimum Gasteiger partial charge on any atom is -0.493 e. The van der Waals surface area contributed by atoms with Gasteiger partial charge in [0.15, 0.2) is 11.5 Å². The van der Waals surface area contributed by atoms with Gasteiger partial charge in [-0.25, -0.2) is 0 Å². The third-order valence-corrected chi connectivity index (χ3v) is 7.22. The van der Waals surface area contributed by atoms with Crippen LogP contribution in [0.2, 0.25) is 0 Å². The number of likely N-dealkylation sites (tertiary alicyclic amines) is 1. The Morgan fingerprint density at radius 3 is 2.61 bits per heavy atom. The van der Waals surface area contributed by atoms with Gasteiger partial charge in [-0.3, -0.25) is 14.9 Å². The van der Waals surface area contributed by atoms with Gasteiger partial charge in [0.2, 0.25) is 0 Å². The van der Waals surface area contributed by atoms with Crippen LogP contribution in [0.15, 0.2) is 25.0 Å². The summed E-state index contributed by atoms with van der Waals surface area (Å²) in [5.41, 5.74) is -0.275. The Kier molecular flexibility index (Phi) is 8.50. The van der Waals surface area contributed by atoms with E-state index in [1.807, 2.05) is 23.5 Å². The summed E-state index contributed by atoms with van der Waals surface area (Å²) in [5.74, 6) is 1.98. The Balaban J connectivity index is 2.43. The van der Waals surface area contributed by atoms with Crippen molar-refractivity contribution < 1.29 is 19.2 Å². The Labute approximate surface area is 174 Å². The third kappa shape index (κ3) is 4.94. The largest absolute Gasteiger partial charge is 0.493 e. The molecule has 0 N–H and O–H groups in total. The summed E-state index contributed by atoms with van der Waals surface area (Å²) in [6.45, 7) is 8.26. The number of amides is 1. The molecule has 0 aliphatic carbocycles. The predicted octanol–water partition coefficient (Wildman–Crippen LogP) is 4.56. The Morgan fingerprint density at radius 2 is 2.07 bits per heavy atom. The topological polar surface area (TPSA) is 81.9 Å². The highest BCUT2D eigenvalue weighted by atomic mass is 32.2. The molecule has 0 aromatic heterocycles. The lowest BCUT2D eigenvalue weighted by Gasteiger charge is -2.31. The molecule has 9 heteroatoms. The predicted molar refractivity (Wildman–Crippen MR) is 115 cm³/mol. The third-order valence-electron chi connectivity index (χ3n) is 4.46. The van der Waals surface area contributed by atoms with Crippen LogP contribution in [0.1, 0.15) is 37.0 Å². The molecule has 7 nitrogen and oxygen atoms in total. The smallest absolute Gasteiger partial charge is 0.286 e. The number of nitro groups is 1. The van der Waals surface area contributed by atoms with Crippen LogP contribution in [-0.4, -0.2) is 51.5 Å². The number of hydrogen-bond donors (Lipinski definition) is 0. The summed E-state index contributed by atoms with van der Waals surface area (Å²) < 4.78 is 10.7. The van der Waals surface area contributed by atoms with E-state index in [1.54, 1.807) is 4.90 Å². The van der Waals surface area contributed by atoms with Gasteiger partial charge in [-0.1, -0.05) is 20.4 Å². The number of nitrogens with zero attached hydrogens (tertiary/aromatic N) is 2. The van der Waals surface area contributed by atoms with E-state index in [1.165, 1.54) is 19.2 Å². The molecule has 1 aromatic carbocycles. The average molecular weight is 427 g/mol. The maximum atomic E-state index is 13.3. The van der Waals surface area contributed by atoms with E-state index in [2.05, 4.69) is 20.4 Å². The number of ether oxygens (including phenoxy) is 2. The first-order valence-corrected chi connectivity index (χ1v) is 11.3. The number of methoxy groups -OCH3 is 1. The monoisotopic (exact) mass is 426 g/mol. The Hall–Kier alpha value is -1.87. The van der Waals surface area contributed by atoms with Gasteiger partial charge in [-0.2, -0.15) is 0 Å². The zero-order valence-electron chi connectivity index (χ0n) is 16.4. The summed E-state index contributed by atoms with van der Waals surface area (Å²) in [6, 6.07) is 2.67. The maximum absolute atomic E-state index is 13.3. The van der Waals surface area contributed by atoms with Gasteiger partial charge < -0.3 is 14.4 Å². The quantitative estimate of drug-likeness (QED) is 0.235. The fourth-order valence-corrected chi connectivity index (χ4v) is 6.16. The van der Waals surface area contributed by atoms with Crippen LogP contribution >= 0.6 is 23.5 Å². The molecule has 0 unspecified atom stereocenters. The minimum absolute atomic E-state index is 0.0203. The van der Waals surface area contributed by atoms with Crippen molar-refractivity contribution in [3.05, 3.63) is 40.7 Å². The zero-order valence-corrected chi connectivity index (χ0v) is 18.0. The first-order valence-electron chi connectivity index (χ1n) is 9.16.